The third-order valence-electron chi connectivity index (χ3n) is 3.23. The van der Waals surface area contributed by atoms with Gasteiger partial charge >= 0.3 is 0 Å². The van der Waals surface area contributed by atoms with E-state index in [1.807, 2.05) is 0 Å². The standard InChI is InChI=1S/C17H23NOS/c1-12-5-8-16(15(9-12)17(2,3)4)19-11-14-7-6-13(10-18)20-14/h5-9H,10-11,18H2,1-4H3. The van der Waals surface area contributed by atoms with E-state index in [-0.39, 0.29) is 5.41 Å². The molecular weight excluding hydrogens is 266 g/mol. The molecule has 0 unspecified atom stereocenters. The van der Waals surface area contributed by atoms with Gasteiger partial charge in [-0.3, -0.25) is 0 Å². The number of aryl methyl sites for hydroxylation is 1. The zero-order valence-corrected chi connectivity index (χ0v) is 13.5. The molecule has 2 N–H and O–H groups in total. The molecule has 0 aliphatic heterocycles. The van der Waals surface area contributed by atoms with Gasteiger partial charge in [0.15, 0.2) is 0 Å². The fraction of sp³-hybridized carbons (Fsp3) is 0.412. The number of rotatable bonds is 4. The summed E-state index contributed by atoms with van der Waals surface area (Å²) < 4.78 is 6.03. The first-order valence-electron chi connectivity index (χ1n) is 6.92. The predicted molar refractivity (Wildman–Crippen MR) is 86.4 cm³/mol. The van der Waals surface area contributed by atoms with Gasteiger partial charge in [-0.1, -0.05) is 38.5 Å². The predicted octanol–water partition coefficient (Wildman–Crippen LogP) is 4.39. The third-order valence-corrected chi connectivity index (χ3v) is 4.31. The minimum Gasteiger partial charge on any atom is -0.488 e. The lowest BCUT2D eigenvalue weighted by Gasteiger charge is -2.23. The highest BCUT2D eigenvalue weighted by molar-refractivity contribution is 7.11. The Hall–Kier alpha value is -1.32. The van der Waals surface area contributed by atoms with Gasteiger partial charge in [0, 0.05) is 16.3 Å². The van der Waals surface area contributed by atoms with Crippen LogP contribution in [0, 0.1) is 6.92 Å². The van der Waals surface area contributed by atoms with Crippen LogP contribution in [-0.2, 0) is 18.6 Å². The summed E-state index contributed by atoms with van der Waals surface area (Å²) in [5, 5.41) is 0. The van der Waals surface area contributed by atoms with E-state index in [0.29, 0.717) is 13.2 Å². The van der Waals surface area contributed by atoms with Crippen LogP contribution in [0.3, 0.4) is 0 Å². The van der Waals surface area contributed by atoms with Crippen LogP contribution < -0.4 is 10.5 Å². The van der Waals surface area contributed by atoms with Crippen molar-refractivity contribution in [2.24, 2.45) is 5.73 Å². The zero-order valence-electron chi connectivity index (χ0n) is 12.7. The topological polar surface area (TPSA) is 35.2 Å². The van der Waals surface area contributed by atoms with Crippen LogP contribution >= 0.6 is 11.3 Å². The maximum absolute atomic E-state index is 6.03. The molecule has 3 heteroatoms. The first kappa shape index (κ1) is 15.1. The molecule has 0 saturated carbocycles. The average molecular weight is 289 g/mol. The van der Waals surface area contributed by atoms with Gasteiger partial charge in [-0.05, 0) is 36.1 Å². The number of nitrogens with two attached hydrogens (primary N) is 1. The number of hydrogen-bond acceptors (Lipinski definition) is 3. The lowest BCUT2D eigenvalue weighted by molar-refractivity contribution is 0.301. The zero-order chi connectivity index (χ0) is 14.8. The molecule has 1 heterocycles. The van der Waals surface area contributed by atoms with Gasteiger partial charge in [0.05, 0.1) is 0 Å². The molecule has 0 amide bonds. The normalized spacial score (nSPS) is 11.7. The van der Waals surface area contributed by atoms with Crippen molar-refractivity contribution in [1.82, 2.24) is 0 Å². The Bertz CT molecular complexity index is 581. The minimum absolute atomic E-state index is 0.0826. The molecule has 2 aromatic rings. The Labute approximate surface area is 125 Å². The summed E-state index contributed by atoms with van der Waals surface area (Å²) in [6.45, 7) is 9.97. The van der Waals surface area contributed by atoms with Crippen molar-refractivity contribution in [2.45, 2.75) is 46.3 Å². The fourth-order valence-corrected chi connectivity index (χ4v) is 2.92. The van der Waals surface area contributed by atoms with E-state index in [1.165, 1.54) is 20.9 Å². The van der Waals surface area contributed by atoms with Gasteiger partial charge in [-0.2, -0.15) is 0 Å². The maximum Gasteiger partial charge on any atom is 0.123 e. The number of thiophene rings is 1. The summed E-state index contributed by atoms with van der Waals surface area (Å²) in [6.07, 6.45) is 0. The summed E-state index contributed by atoms with van der Waals surface area (Å²) in [5.41, 5.74) is 8.25. The molecule has 0 saturated heterocycles. The van der Waals surface area contributed by atoms with Gasteiger partial charge in [0.2, 0.25) is 0 Å². The van der Waals surface area contributed by atoms with Crippen LogP contribution in [-0.4, -0.2) is 0 Å². The van der Waals surface area contributed by atoms with Crippen molar-refractivity contribution in [1.29, 1.82) is 0 Å². The molecule has 108 valence electrons. The van der Waals surface area contributed by atoms with Crippen molar-refractivity contribution in [3.05, 3.63) is 51.2 Å². The van der Waals surface area contributed by atoms with Crippen LogP contribution in [0.15, 0.2) is 30.3 Å². The molecule has 1 aromatic heterocycles. The van der Waals surface area contributed by atoms with Crippen molar-refractivity contribution in [2.75, 3.05) is 0 Å². The van der Waals surface area contributed by atoms with Crippen molar-refractivity contribution in [3.8, 4) is 5.75 Å². The van der Waals surface area contributed by atoms with E-state index < -0.39 is 0 Å². The first-order valence-corrected chi connectivity index (χ1v) is 7.73. The largest absolute Gasteiger partial charge is 0.488 e. The molecular formula is C17H23NOS. The van der Waals surface area contributed by atoms with E-state index >= 15 is 0 Å². The molecule has 0 radical (unpaired) electrons. The van der Waals surface area contributed by atoms with Crippen LogP contribution in [0.4, 0.5) is 0 Å². The van der Waals surface area contributed by atoms with Crippen molar-refractivity contribution >= 4 is 11.3 Å². The lowest BCUT2D eigenvalue weighted by atomic mass is 9.85. The van der Waals surface area contributed by atoms with E-state index in [2.05, 4.69) is 58.0 Å². The van der Waals surface area contributed by atoms with Crippen molar-refractivity contribution in [3.63, 3.8) is 0 Å². The van der Waals surface area contributed by atoms with Crippen molar-refractivity contribution < 1.29 is 4.74 Å². The average Bonchev–Trinajstić information content (AvgIpc) is 2.84. The highest BCUT2D eigenvalue weighted by atomic mass is 32.1. The summed E-state index contributed by atoms with van der Waals surface area (Å²) in [6, 6.07) is 10.6. The van der Waals surface area contributed by atoms with Gasteiger partial charge in [0.25, 0.3) is 0 Å². The molecule has 0 atom stereocenters. The van der Waals surface area contributed by atoms with Crippen LogP contribution in [0.1, 0.15) is 41.7 Å². The van der Waals surface area contributed by atoms with Gasteiger partial charge < -0.3 is 10.5 Å². The van der Waals surface area contributed by atoms with E-state index in [1.54, 1.807) is 11.3 Å². The lowest BCUT2D eigenvalue weighted by Crippen LogP contribution is -2.13. The summed E-state index contributed by atoms with van der Waals surface area (Å²) in [4.78, 5) is 2.41. The van der Waals surface area contributed by atoms with Gasteiger partial charge in [-0.25, -0.2) is 0 Å². The summed E-state index contributed by atoms with van der Waals surface area (Å²) in [5.74, 6) is 0.978. The Morgan fingerprint density at radius 3 is 2.40 bits per heavy atom. The Kier molecular flexibility index (Phi) is 4.51. The Balaban J connectivity index is 2.17. The number of hydrogen-bond donors (Lipinski definition) is 1. The second-order valence-electron chi connectivity index (χ2n) is 6.11. The molecule has 0 spiro atoms. The van der Waals surface area contributed by atoms with Crippen LogP contribution in [0.2, 0.25) is 0 Å². The molecule has 0 bridgehead atoms. The maximum atomic E-state index is 6.03. The van der Waals surface area contributed by atoms with Crippen LogP contribution in [0.5, 0.6) is 5.75 Å². The fourth-order valence-electron chi connectivity index (χ4n) is 2.11. The number of benzene rings is 1. The molecule has 2 rings (SSSR count). The second kappa shape index (κ2) is 5.98. The van der Waals surface area contributed by atoms with E-state index in [0.717, 1.165) is 5.75 Å². The van der Waals surface area contributed by atoms with Crippen LogP contribution in [0.25, 0.3) is 0 Å². The Morgan fingerprint density at radius 2 is 1.80 bits per heavy atom. The first-order chi connectivity index (χ1) is 9.40. The van der Waals surface area contributed by atoms with E-state index in [9.17, 15) is 0 Å². The molecule has 0 fully saturated rings. The van der Waals surface area contributed by atoms with E-state index in [4.69, 9.17) is 10.5 Å². The van der Waals surface area contributed by atoms with Gasteiger partial charge in [0.1, 0.15) is 12.4 Å². The number of ether oxygens (including phenoxy) is 1. The summed E-state index contributed by atoms with van der Waals surface area (Å²) in [7, 11) is 0. The smallest absolute Gasteiger partial charge is 0.123 e. The molecule has 0 aliphatic rings. The molecule has 0 aliphatic carbocycles. The minimum atomic E-state index is 0.0826. The molecule has 2 nitrogen and oxygen atoms in total. The second-order valence-corrected chi connectivity index (χ2v) is 7.36. The highest BCUT2D eigenvalue weighted by Gasteiger charge is 2.19. The Morgan fingerprint density at radius 1 is 1.10 bits per heavy atom. The monoisotopic (exact) mass is 289 g/mol. The molecule has 1 aromatic carbocycles. The third kappa shape index (κ3) is 3.62. The SMILES string of the molecule is Cc1ccc(OCc2ccc(CN)s2)c(C(C)(C)C)c1. The quantitative estimate of drug-likeness (QED) is 0.906. The highest BCUT2D eigenvalue weighted by Crippen LogP contribution is 2.33. The molecule has 20 heavy (non-hydrogen) atoms. The van der Waals surface area contributed by atoms with Gasteiger partial charge in [-0.15, -0.1) is 11.3 Å². The summed E-state index contributed by atoms with van der Waals surface area (Å²) >= 11 is 1.72.